The van der Waals surface area contributed by atoms with Crippen molar-refractivity contribution in [2.24, 2.45) is 0 Å². The highest BCUT2D eigenvalue weighted by Crippen LogP contribution is 2.28. The standard InChI is InChI=1S/C21H30N4O2/c1-16-3-2-4-17(11-16)14-23-7-9-24(10-8-23)21(27)15-25-18-5-6-19(25)13-22-20(26)12-18/h2-4,11,18-19H,5-10,12-15H2,1H3,(H,22,26). The molecule has 0 aliphatic carbocycles. The first-order chi connectivity index (χ1) is 13.1. The highest BCUT2D eigenvalue weighted by molar-refractivity contribution is 5.80. The number of carbonyl (C=O) groups is 2. The summed E-state index contributed by atoms with van der Waals surface area (Å²) in [5.74, 6) is 0.348. The number of aryl methyl sites for hydroxylation is 1. The first-order valence-corrected chi connectivity index (χ1v) is 10.2. The van der Waals surface area contributed by atoms with Gasteiger partial charge in [-0.1, -0.05) is 29.8 Å². The molecule has 6 heteroatoms. The van der Waals surface area contributed by atoms with E-state index < -0.39 is 0 Å². The molecule has 0 spiro atoms. The van der Waals surface area contributed by atoms with Crippen LogP contribution in [0, 0.1) is 6.92 Å². The van der Waals surface area contributed by atoms with Crippen molar-refractivity contribution in [1.29, 1.82) is 0 Å². The molecule has 3 aliphatic rings. The molecule has 2 bridgehead atoms. The number of carbonyl (C=O) groups excluding carboxylic acids is 2. The SMILES string of the molecule is Cc1cccc(CN2CCN(C(=O)CN3C4CCC3CC(=O)NC4)CC2)c1. The van der Waals surface area contributed by atoms with Gasteiger partial charge < -0.3 is 10.2 Å². The summed E-state index contributed by atoms with van der Waals surface area (Å²) in [5, 5.41) is 2.98. The molecule has 6 nitrogen and oxygen atoms in total. The van der Waals surface area contributed by atoms with Crippen molar-refractivity contribution in [3.8, 4) is 0 Å². The molecule has 146 valence electrons. The topological polar surface area (TPSA) is 55.9 Å². The Morgan fingerprint density at radius 1 is 1.15 bits per heavy atom. The second-order valence-electron chi connectivity index (χ2n) is 8.21. The summed E-state index contributed by atoms with van der Waals surface area (Å²) in [6.45, 7) is 7.66. The van der Waals surface area contributed by atoms with Crippen LogP contribution >= 0.6 is 0 Å². The number of fused-ring (bicyclic) bond motifs is 2. The normalized spacial score (nSPS) is 26.7. The predicted molar refractivity (Wildman–Crippen MR) is 104 cm³/mol. The molecule has 2 unspecified atom stereocenters. The van der Waals surface area contributed by atoms with Crippen LogP contribution in [0.3, 0.4) is 0 Å². The third-order valence-corrected chi connectivity index (χ3v) is 6.26. The molecule has 2 atom stereocenters. The van der Waals surface area contributed by atoms with Gasteiger partial charge in [0.1, 0.15) is 0 Å². The molecule has 3 heterocycles. The first kappa shape index (κ1) is 18.4. The summed E-state index contributed by atoms with van der Waals surface area (Å²) < 4.78 is 0. The van der Waals surface area contributed by atoms with E-state index in [1.807, 2.05) is 4.90 Å². The quantitative estimate of drug-likeness (QED) is 0.859. The number of nitrogens with zero attached hydrogens (tertiary/aromatic N) is 3. The number of hydrogen-bond donors (Lipinski definition) is 1. The molecular weight excluding hydrogens is 340 g/mol. The monoisotopic (exact) mass is 370 g/mol. The maximum Gasteiger partial charge on any atom is 0.236 e. The number of piperazine rings is 1. The lowest BCUT2D eigenvalue weighted by Gasteiger charge is -2.36. The van der Waals surface area contributed by atoms with Gasteiger partial charge in [-0.15, -0.1) is 0 Å². The molecule has 0 radical (unpaired) electrons. The zero-order valence-electron chi connectivity index (χ0n) is 16.2. The van der Waals surface area contributed by atoms with Crippen molar-refractivity contribution in [2.75, 3.05) is 39.3 Å². The molecule has 4 rings (SSSR count). The molecule has 0 saturated carbocycles. The maximum atomic E-state index is 12.8. The van der Waals surface area contributed by atoms with Crippen LogP contribution in [0.2, 0.25) is 0 Å². The number of hydrogen-bond acceptors (Lipinski definition) is 4. The number of nitrogens with one attached hydrogen (secondary N) is 1. The lowest BCUT2D eigenvalue weighted by Crippen LogP contribution is -2.52. The van der Waals surface area contributed by atoms with Gasteiger partial charge in [-0.25, -0.2) is 0 Å². The van der Waals surface area contributed by atoms with E-state index in [0.29, 0.717) is 25.6 Å². The minimum absolute atomic E-state index is 0.129. The second-order valence-corrected chi connectivity index (χ2v) is 8.21. The average molecular weight is 370 g/mol. The van der Waals surface area contributed by atoms with Gasteiger partial charge in [-0.2, -0.15) is 0 Å². The molecule has 3 saturated heterocycles. The van der Waals surface area contributed by atoms with E-state index >= 15 is 0 Å². The van der Waals surface area contributed by atoms with E-state index in [1.165, 1.54) is 11.1 Å². The van der Waals surface area contributed by atoms with Crippen LogP contribution in [0.15, 0.2) is 24.3 Å². The maximum absolute atomic E-state index is 12.8. The molecular formula is C21H30N4O2. The van der Waals surface area contributed by atoms with Crippen molar-refractivity contribution in [3.63, 3.8) is 0 Å². The van der Waals surface area contributed by atoms with Gasteiger partial charge in [-0.05, 0) is 25.3 Å². The van der Waals surface area contributed by atoms with E-state index in [4.69, 9.17) is 0 Å². The number of benzene rings is 1. The minimum Gasteiger partial charge on any atom is -0.354 e. The predicted octanol–water partition coefficient (Wildman–Crippen LogP) is 0.992. The Morgan fingerprint density at radius 3 is 2.70 bits per heavy atom. The zero-order chi connectivity index (χ0) is 18.8. The van der Waals surface area contributed by atoms with Gasteiger partial charge >= 0.3 is 0 Å². The number of rotatable bonds is 4. The highest BCUT2D eigenvalue weighted by atomic mass is 16.2. The summed E-state index contributed by atoms with van der Waals surface area (Å²) in [5.41, 5.74) is 2.63. The summed E-state index contributed by atoms with van der Waals surface area (Å²) >= 11 is 0. The van der Waals surface area contributed by atoms with Gasteiger partial charge in [-0.3, -0.25) is 19.4 Å². The number of amides is 2. The lowest BCUT2D eigenvalue weighted by atomic mass is 10.1. The zero-order valence-corrected chi connectivity index (χ0v) is 16.2. The lowest BCUT2D eigenvalue weighted by molar-refractivity contribution is -0.135. The fourth-order valence-corrected chi connectivity index (χ4v) is 4.71. The molecule has 2 amide bonds. The molecule has 0 aromatic heterocycles. The van der Waals surface area contributed by atoms with Gasteiger partial charge in [0.2, 0.25) is 11.8 Å². The second kappa shape index (κ2) is 7.98. The van der Waals surface area contributed by atoms with E-state index in [0.717, 1.165) is 45.6 Å². The van der Waals surface area contributed by atoms with Crippen LogP contribution < -0.4 is 5.32 Å². The van der Waals surface area contributed by atoms with E-state index in [9.17, 15) is 9.59 Å². The minimum atomic E-state index is 0.129. The third-order valence-electron chi connectivity index (χ3n) is 6.26. The van der Waals surface area contributed by atoms with Crippen LogP contribution in [0.4, 0.5) is 0 Å². The van der Waals surface area contributed by atoms with E-state index in [1.54, 1.807) is 0 Å². The van der Waals surface area contributed by atoms with Gasteiger partial charge in [0.25, 0.3) is 0 Å². The Hall–Kier alpha value is -1.92. The fraction of sp³-hybridized carbons (Fsp3) is 0.619. The van der Waals surface area contributed by atoms with Crippen molar-refractivity contribution < 1.29 is 9.59 Å². The largest absolute Gasteiger partial charge is 0.354 e. The molecule has 1 aromatic carbocycles. The molecule has 3 fully saturated rings. The van der Waals surface area contributed by atoms with Crippen LogP contribution in [-0.4, -0.2) is 77.9 Å². The van der Waals surface area contributed by atoms with Crippen LogP contribution in [0.5, 0.6) is 0 Å². The van der Waals surface area contributed by atoms with Crippen molar-refractivity contribution >= 4 is 11.8 Å². The Kier molecular flexibility index (Phi) is 5.45. The van der Waals surface area contributed by atoms with E-state index in [2.05, 4.69) is 46.3 Å². The fourth-order valence-electron chi connectivity index (χ4n) is 4.71. The summed E-state index contributed by atoms with van der Waals surface area (Å²) in [6, 6.07) is 9.22. The van der Waals surface area contributed by atoms with Gasteiger partial charge in [0, 0.05) is 57.8 Å². The Morgan fingerprint density at radius 2 is 1.93 bits per heavy atom. The van der Waals surface area contributed by atoms with Crippen LogP contribution in [-0.2, 0) is 16.1 Å². The Bertz CT molecular complexity index is 699. The molecule has 1 aromatic rings. The van der Waals surface area contributed by atoms with Crippen molar-refractivity contribution in [1.82, 2.24) is 20.0 Å². The highest BCUT2D eigenvalue weighted by Gasteiger charge is 2.39. The summed E-state index contributed by atoms with van der Waals surface area (Å²) in [6.07, 6.45) is 2.66. The van der Waals surface area contributed by atoms with Gasteiger partial charge in [0.05, 0.1) is 6.54 Å². The Balaban J connectivity index is 1.28. The summed E-state index contributed by atoms with van der Waals surface area (Å²) in [7, 11) is 0. The van der Waals surface area contributed by atoms with Gasteiger partial charge in [0.15, 0.2) is 0 Å². The Labute approximate surface area is 161 Å². The van der Waals surface area contributed by atoms with Crippen LogP contribution in [0.1, 0.15) is 30.4 Å². The molecule has 27 heavy (non-hydrogen) atoms. The third kappa shape index (κ3) is 4.33. The smallest absolute Gasteiger partial charge is 0.236 e. The van der Waals surface area contributed by atoms with E-state index in [-0.39, 0.29) is 17.9 Å². The van der Waals surface area contributed by atoms with Crippen molar-refractivity contribution in [3.05, 3.63) is 35.4 Å². The first-order valence-electron chi connectivity index (χ1n) is 10.2. The molecule has 3 aliphatic heterocycles. The van der Waals surface area contributed by atoms with Crippen molar-refractivity contribution in [2.45, 2.75) is 44.8 Å². The molecule has 1 N–H and O–H groups in total. The van der Waals surface area contributed by atoms with Crippen LogP contribution in [0.25, 0.3) is 0 Å². The average Bonchev–Trinajstić information content (AvgIpc) is 2.93. The summed E-state index contributed by atoms with van der Waals surface area (Å²) in [4.78, 5) is 31.3.